The molecule has 2 saturated heterocycles. The SMILES string of the molecule is COc1c(OC2OC(COC3OCC(O)C(O)C3O)C(O)C(O)C2O)cc2occ(-c3ccc(O)cc3)c(=O)c2c1O. The lowest BCUT2D eigenvalue weighted by molar-refractivity contribution is -0.307. The predicted molar refractivity (Wildman–Crippen MR) is 139 cm³/mol. The number of ether oxygens (including phenoxy) is 5. The molecule has 2 aliphatic heterocycles. The third-order valence-electron chi connectivity index (χ3n) is 7.13. The minimum atomic E-state index is -1.81. The molecule has 0 radical (unpaired) electrons. The number of benzene rings is 2. The van der Waals surface area contributed by atoms with Crippen LogP contribution < -0.4 is 14.9 Å². The largest absolute Gasteiger partial charge is 0.508 e. The van der Waals surface area contributed by atoms with Gasteiger partial charge in [-0.15, -0.1) is 0 Å². The van der Waals surface area contributed by atoms with Crippen molar-refractivity contribution in [3.05, 3.63) is 46.8 Å². The fourth-order valence-electron chi connectivity index (χ4n) is 4.74. The lowest BCUT2D eigenvalue weighted by atomic mass is 9.99. The summed E-state index contributed by atoms with van der Waals surface area (Å²) >= 11 is 0. The Hall–Kier alpha value is -3.51. The van der Waals surface area contributed by atoms with E-state index in [2.05, 4.69) is 0 Å². The van der Waals surface area contributed by atoms with Crippen molar-refractivity contribution in [2.45, 2.75) is 55.3 Å². The summed E-state index contributed by atoms with van der Waals surface area (Å²) in [6, 6.07) is 6.95. The number of rotatable bonds is 7. The molecule has 2 fully saturated rings. The summed E-state index contributed by atoms with van der Waals surface area (Å²) in [5.74, 6) is -1.23. The van der Waals surface area contributed by atoms with Crippen LogP contribution in [-0.2, 0) is 14.2 Å². The van der Waals surface area contributed by atoms with Crippen molar-refractivity contribution in [2.24, 2.45) is 0 Å². The normalized spacial score (nSPS) is 31.6. The molecule has 5 rings (SSSR count). The Morgan fingerprint density at radius 2 is 1.60 bits per heavy atom. The minimum Gasteiger partial charge on any atom is -0.508 e. The highest BCUT2D eigenvalue weighted by Gasteiger charge is 2.47. The van der Waals surface area contributed by atoms with Crippen molar-refractivity contribution >= 4 is 11.0 Å². The molecule has 2 aliphatic rings. The molecule has 0 spiro atoms. The third-order valence-corrected chi connectivity index (χ3v) is 7.13. The first-order valence-electron chi connectivity index (χ1n) is 12.8. The van der Waals surface area contributed by atoms with Crippen LogP contribution in [0.4, 0.5) is 0 Å². The van der Waals surface area contributed by atoms with Gasteiger partial charge in [-0.2, -0.15) is 0 Å². The zero-order valence-electron chi connectivity index (χ0n) is 22.0. The first-order valence-corrected chi connectivity index (χ1v) is 12.8. The van der Waals surface area contributed by atoms with Crippen LogP contribution in [-0.4, -0.2) is 116 Å². The summed E-state index contributed by atoms with van der Waals surface area (Å²) in [5, 5.41) is 81.2. The highest BCUT2D eigenvalue weighted by molar-refractivity contribution is 5.91. The van der Waals surface area contributed by atoms with E-state index in [1.807, 2.05) is 0 Å². The van der Waals surface area contributed by atoms with E-state index >= 15 is 0 Å². The highest BCUT2D eigenvalue weighted by atomic mass is 16.7. The van der Waals surface area contributed by atoms with Crippen LogP contribution in [0.5, 0.6) is 23.0 Å². The summed E-state index contributed by atoms with van der Waals surface area (Å²) in [5.41, 5.74) is -0.225. The molecule has 15 nitrogen and oxygen atoms in total. The Balaban J connectivity index is 1.39. The lowest BCUT2D eigenvalue weighted by Crippen LogP contribution is -2.61. The smallest absolute Gasteiger partial charge is 0.229 e. The van der Waals surface area contributed by atoms with Gasteiger partial charge in [0.05, 0.1) is 25.9 Å². The van der Waals surface area contributed by atoms with Gasteiger partial charge in [0, 0.05) is 6.07 Å². The second-order valence-electron chi connectivity index (χ2n) is 9.87. The number of hydrogen-bond donors (Lipinski definition) is 8. The Morgan fingerprint density at radius 3 is 2.29 bits per heavy atom. The summed E-state index contributed by atoms with van der Waals surface area (Å²) in [7, 11) is 1.19. The van der Waals surface area contributed by atoms with Crippen molar-refractivity contribution < 1.29 is 69.0 Å². The first kappa shape index (κ1) is 30.0. The monoisotopic (exact) mass is 594 g/mol. The van der Waals surface area contributed by atoms with Gasteiger partial charge in [0.1, 0.15) is 65.7 Å². The number of aliphatic hydroxyl groups excluding tert-OH is 6. The van der Waals surface area contributed by atoms with E-state index in [9.17, 15) is 45.6 Å². The standard InChI is InChI=1S/C27H30O15/c1-37-25-15(6-14-17(21(25)33)18(30)12(7-38-14)10-2-4-11(28)5-3-10)41-27-24(36)22(34)20(32)16(42-27)9-40-26-23(35)19(31)13(29)8-39-26/h2-7,13,16,19-20,22-24,26-29,31-36H,8-9H2,1H3. The second-order valence-corrected chi connectivity index (χ2v) is 9.87. The van der Waals surface area contributed by atoms with Crippen LogP contribution in [0.15, 0.2) is 45.8 Å². The zero-order valence-corrected chi connectivity index (χ0v) is 22.0. The fourth-order valence-corrected chi connectivity index (χ4v) is 4.74. The maximum Gasteiger partial charge on any atom is 0.229 e. The van der Waals surface area contributed by atoms with E-state index in [0.29, 0.717) is 5.56 Å². The van der Waals surface area contributed by atoms with Crippen LogP contribution in [0.2, 0.25) is 0 Å². The number of fused-ring (bicyclic) bond motifs is 1. The van der Waals surface area contributed by atoms with Gasteiger partial charge in [-0.1, -0.05) is 12.1 Å². The van der Waals surface area contributed by atoms with Crippen molar-refractivity contribution in [1.29, 1.82) is 0 Å². The highest BCUT2D eigenvalue weighted by Crippen LogP contribution is 2.43. The van der Waals surface area contributed by atoms with Crippen LogP contribution in [0, 0.1) is 0 Å². The van der Waals surface area contributed by atoms with Crippen LogP contribution in [0.25, 0.3) is 22.1 Å². The Bertz CT molecular complexity index is 1460. The van der Waals surface area contributed by atoms with Crippen LogP contribution >= 0.6 is 0 Å². The summed E-state index contributed by atoms with van der Waals surface area (Å²) in [6.45, 7) is -0.841. The molecule has 0 saturated carbocycles. The molecule has 0 amide bonds. The average Bonchev–Trinajstić information content (AvgIpc) is 2.97. The van der Waals surface area contributed by atoms with Crippen LogP contribution in [0.3, 0.4) is 0 Å². The van der Waals surface area contributed by atoms with Gasteiger partial charge >= 0.3 is 0 Å². The number of aliphatic hydroxyl groups is 6. The Kier molecular flexibility index (Phi) is 8.56. The minimum absolute atomic E-state index is 0.00709. The number of phenols is 2. The van der Waals surface area contributed by atoms with Crippen molar-refractivity contribution in [3.8, 4) is 34.1 Å². The fraction of sp³-hybridized carbons (Fsp3) is 0.444. The van der Waals surface area contributed by atoms with E-state index in [-0.39, 0.29) is 40.4 Å². The zero-order chi connectivity index (χ0) is 30.3. The van der Waals surface area contributed by atoms with E-state index in [4.69, 9.17) is 28.1 Å². The predicted octanol–water partition coefficient (Wildman–Crippen LogP) is -1.48. The maximum absolute atomic E-state index is 13.3. The van der Waals surface area contributed by atoms with Crippen molar-refractivity contribution in [2.75, 3.05) is 20.3 Å². The number of methoxy groups -OCH3 is 1. The van der Waals surface area contributed by atoms with E-state index in [1.54, 1.807) is 0 Å². The molecule has 15 heteroatoms. The molecule has 8 N–H and O–H groups in total. The maximum atomic E-state index is 13.3. The number of phenolic OH excluding ortho intramolecular Hbond substituents is 2. The van der Waals surface area contributed by atoms with Gasteiger partial charge in [0.15, 0.2) is 17.8 Å². The molecular formula is C27H30O15. The van der Waals surface area contributed by atoms with E-state index < -0.39 is 73.1 Å². The van der Waals surface area contributed by atoms with Gasteiger partial charge in [-0.05, 0) is 17.7 Å². The molecule has 9 unspecified atom stereocenters. The topological polar surface area (TPSA) is 238 Å². The van der Waals surface area contributed by atoms with Crippen molar-refractivity contribution in [3.63, 3.8) is 0 Å². The van der Waals surface area contributed by atoms with E-state index in [1.165, 1.54) is 37.4 Å². The Labute approximate surface area is 236 Å². The second kappa shape index (κ2) is 12.0. The van der Waals surface area contributed by atoms with Crippen molar-refractivity contribution in [1.82, 2.24) is 0 Å². The number of aromatic hydroxyl groups is 2. The molecule has 3 aromatic rings. The third kappa shape index (κ3) is 5.49. The van der Waals surface area contributed by atoms with Gasteiger partial charge in [0.25, 0.3) is 0 Å². The van der Waals surface area contributed by atoms with Crippen LogP contribution in [0.1, 0.15) is 0 Å². The summed E-state index contributed by atoms with van der Waals surface area (Å²) in [6.07, 6.45) is -13.0. The van der Waals surface area contributed by atoms with Gasteiger partial charge in [-0.25, -0.2) is 0 Å². The molecule has 1 aromatic heterocycles. The summed E-state index contributed by atoms with van der Waals surface area (Å²) in [4.78, 5) is 13.3. The average molecular weight is 595 g/mol. The molecule has 42 heavy (non-hydrogen) atoms. The molecule has 228 valence electrons. The molecule has 3 heterocycles. The Morgan fingerprint density at radius 1 is 0.905 bits per heavy atom. The first-order chi connectivity index (χ1) is 20.0. The molecule has 0 aliphatic carbocycles. The number of hydrogen-bond acceptors (Lipinski definition) is 15. The van der Waals surface area contributed by atoms with E-state index in [0.717, 1.165) is 6.26 Å². The lowest BCUT2D eigenvalue weighted by Gasteiger charge is -2.41. The molecule has 0 bridgehead atoms. The van der Waals surface area contributed by atoms with Gasteiger partial charge < -0.3 is 69.0 Å². The quantitative estimate of drug-likeness (QED) is 0.156. The van der Waals surface area contributed by atoms with Gasteiger partial charge in [-0.3, -0.25) is 4.79 Å². The van der Waals surface area contributed by atoms with Gasteiger partial charge in [0.2, 0.25) is 17.5 Å². The summed E-state index contributed by atoms with van der Waals surface area (Å²) < 4.78 is 32.7. The molecule has 2 aromatic carbocycles. The molecule has 9 atom stereocenters. The molecular weight excluding hydrogens is 564 g/mol.